The second kappa shape index (κ2) is 8.09. The number of Topliss-reactive ketones (excluding diaryl/α,β-unsaturated/α-hetero) is 1. The van der Waals surface area contributed by atoms with E-state index in [4.69, 9.17) is 9.47 Å². The first-order valence-corrected chi connectivity index (χ1v) is 10.2. The lowest BCUT2D eigenvalue weighted by molar-refractivity contribution is 0.101. The number of hydrogen-bond acceptors (Lipinski definition) is 6. The number of hydrogen-bond donors (Lipinski definition) is 0. The molecule has 0 aliphatic rings. The number of carbonyl (C=O) groups excluding carboxylic acids is 1. The SMILES string of the molecule is COc1ccc(OC)c(C(=O)CSc2cc(C)c(C#N)c3nc4ccccc4n23)c1. The second-order valence-electron chi connectivity index (χ2n) is 6.69. The third-order valence-corrected chi connectivity index (χ3v) is 5.91. The van der Waals surface area contributed by atoms with Crippen molar-refractivity contribution in [2.75, 3.05) is 20.0 Å². The summed E-state index contributed by atoms with van der Waals surface area (Å²) in [6, 6.07) is 17.1. The average molecular weight is 417 g/mol. The minimum Gasteiger partial charge on any atom is -0.497 e. The van der Waals surface area contributed by atoms with Gasteiger partial charge >= 0.3 is 0 Å². The summed E-state index contributed by atoms with van der Waals surface area (Å²) < 4.78 is 12.5. The molecule has 7 heteroatoms. The van der Waals surface area contributed by atoms with Crippen LogP contribution in [0.1, 0.15) is 21.5 Å². The Bertz CT molecular complexity index is 1320. The molecule has 4 rings (SSSR count). The van der Waals surface area contributed by atoms with Crippen LogP contribution in [0.25, 0.3) is 16.7 Å². The zero-order valence-electron chi connectivity index (χ0n) is 16.8. The Hall–Kier alpha value is -3.50. The van der Waals surface area contributed by atoms with Crippen molar-refractivity contribution >= 4 is 34.2 Å². The first kappa shape index (κ1) is 19.8. The van der Waals surface area contributed by atoms with Gasteiger partial charge < -0.3 is 9.47 Å². The number of imidazole rings is 1. The molecule has 0 N–H and O–H groups in total. The first-order chi connectivity index (χ1) is 14.6. The fourth-order valence-electron chi connectivity index (χ4n) is 3.41. The Morgan fingerprint density at radius 1 is 1.17 bits per heavy atom. The monoisotopic (exact) mass is 417 g/mol. The van der Waals surface area contributed by atoms with Crippen LogP contribution >= 0.6 is 11.8 Å². The van der Waals surface area contributed by atoms with Crippen LogP contribution in [0.2, 0.25) is 0 Å². The molecule has 0 aliphatic heterocycles. The Labute approximate surface area is 178 Å². The van der Waals surface area contributed by atoms with Gasteiger partial charge in [-0.2, -0.15) is 5.26 Å². The quantitative estimate of drug-likeness (QED) is 0.335. The molecule has 0 radical (unpaired) electrons. The van der Waals surface area contributed by atoms with Gasteiger partial charge in [0.05, 0.1) is 47.2 Å². The summed E-state index contributed by atoms with van der Waals surface area (Å²) in [5.41, 5.74) is 4.15. The van der Waals surface area contributed by atoms with Gasteiger partial charge in [-0.05, 0) is 48.9 Å². The molecule has 2 aromatic heterocycles. The van der Waals surface area contributed by atoms with E-state index in [2.05, 4.69) is 11.1 Å². The van der Waals surface area contributed by atoms with Crippen LogP contribution in [-0.2, 0) is 0 Å². The minimum absolute atomic E-state index is 0.0738. The highest BCUT2D eigenvalue weighted by molar-refractivity contribution is 8.00. The number of thioether (sulfide) groups is 1. The molecule has 0 saturated carbocycles. The molecule has 0 bridgehead atoms. The van der Waals surface area contributed by atoms with E-state index in [1.807, 2.05) is 41.7 Å². The molecule has 0 saturated heterocycles. The number of benzene rings is 2. The van der Waals surface area contributed by atoms with Crippen molar-refractivity contribution in [3.05, 3.63) is 65.2 Å². The highest BCUT2D eigenvalue weighted by Gasteiger charge is 2.18. The number of nitriles is 1. The van der Waals surface area contributed by atoms with Gasteiger partial charge in [0.15, 0.2) is 11.4 Å². The van der Waals surface area contributed by atoms with Crippen LogP contribution in [-0.4, -0.2) is 35.1 Å². The van der Waals surface area contributed by atoms with Crippen LogP contribution in [0, 0.1) is 18.3 Å². The van der Waals surface area contributed by atoms with Gasteiger partial charge in [0, 0.05) is 0 Å². The summed E-state index contributed by atoms with van der Waals surface area (Å²) in [6.45, 7) is 1.88. The zero-order chi connectivity index (χ0) is 21.3. The number of pyridine rings is 1. The molecule has 2 heterocycles. The Morgan fingerprint density at radius 3 is 2.70 bits per heavy atom. The van der Waals surface area contributed by atoms with Crippen LogP contribution in [0.15, 0.2) is 53.6 Å². The van der Waals surface area contributed by atoms with Gasteiger partial charge in [-0.25, -0.2) is 4.98 Å². The average Bonchev–Trinajstić information content (AvgIpc) is 3.16. The predicted molar refractivity (Wildman–Crippen MR) is 117 cm³/mol. The first-order valence-electron chi connectivity index (χ1n) is 9.26. The lowest BCUT2D eigenvalue weighted by atomic mass is 10.1. The van der Waals surface area contributed by atoms with E-state index in [9.17, 15) is 10.1 Å². The van der Waals surface area contributed by atoms with Crippen molar-refractivity contribution < 1.29 is 14.3 Å². The van der Waals surface area contributed by atoms with Crippen molar-refractivity contribution in [1.82, 2.24) is 9.38 Å². The molecule has 150 valence electrons. The molecular formula is C23H19N3O3S. The van der Waals surface area contributed by atoms with E-state index >= 15 is 0 Å². The second-order valence-corrected chi connectivity index (χ2v) is 7.69. The third kappa shape index (κ3) is 3.36. The molecule has 4 aromatic rings. The van der Waals surface area contributed by atoms with E-state index in [-0.39, 0.29) is 11.5 Å². The Kier molecular flexibility index (Phi) is 5.34. The Morgan fingerprint density at radius 2 is 1.97 bits per heavy atom. The molecule has 0 unspecified atom stereocenters. The van der Waals surface area contributed by atoms with Gasteiger partial charge in [0.2, 0.25) is 0 Å². The maximum Gasteiger partial charge on any atom is 0.176 e. The predicted octanol–water partition coefficient (Wildman–Crippen LogP) is 4.66. The molecular weight excluding hydrogens is 398 g/mol. The van der Waals surface area contributed by atoms with E-state index < -0.39 is 0 Å². The Balaban J connectivity index is 1.75. The number of methoxy groups -OCH3 is 2. The van der Waals surface area contributed by atoms with E-state index in [1.54, 1.807) is 25.3 Å². The molecule has 0 spiro atoms. The molecule has 0 fully saturated rings. The summed E-state index contributed by atoms with van der Waals surface area (Å²) in [5, 5.41) is 10.5. The lowest BCUT2D eigenvalue weighted by Crippen LogP contribution is -2.06. The maximum absolute atomic E-state index is 13.0. The van der Waals surface area contributed by atoms with E-state index in [0.29, 0.717) is 28.3 Å². The van der Waals surface area contributed by atoms with Crippen LogP contribution in [0.3, 0.4) is 0 Å². The fraction of sp³-hybridized carbons (Fsp3) is 0.174. The maximum atomic E-state index is 13.0. The number of carbonyl (C=O) groups is 1. The third-order valence-electron chi connectivity index (χ3n) is 4.91. The lowest BCUT2D eigenvalue weighted by Gasteiger charge is -2.11. The number of ether oxygens (including phenoxy) is 2. The van der Waals surface area contributed by atoms with Crippen molar-refractivity contribution in [2.24, 2.45) is 0 Å². The molecule has 2 aromatic carbocycles. The topological polar surface area (TPSA) is 76.6 Å². The minimum atomic E-state index is -0.0738. The highest BCUT2D eigenvalue weighted by Crippen LogP contribution is 2.31. The normalized spacial score (nSPS) is 10.9. The van der Waals surface area contributed by atoms with Gasteiger partial charge in [0.1, 0.15) is 17.6 Å². The molecule has 30 heavy (non-hydrogen) atoms. The fourth-order valence-corrected chi connectivity index (χ4v) is 4.42. The largest absolute Gasteiger partial charge is 0.497 e. The number of nitrogens with zero attached hydrogens (tertiary/aromatic N) is 3. The number of aromatic nitrogens is 2. The summed E-state index contributed by atoms with van der Waals surface area (Å²) in [5.74, 6) is 1.24. The number of para-hydroxylation sites is 2. The van der Waals surface area contributed by atoms with Gasteiger partial charge in [-0.1, -0.05) is 23.9 Å². The van der Waals surface area contributed by atoms with Crippen molar-refractivity contribution in [3.63, 3.8) is 0 Å². The molecule has 0 atom stereocenters. The number of aryl methyl sites for hydroxylation is 1. The summed E-state index contributed by atoms with van der Waals surface area (Å²) in [6.07, 6.45) is 0. The van der Waals surface area contributed by atoms with E-state index in [1.165, 1.54) is 18.9 Å². The molecule has 0 aliphatic carbocycles. The zero-order valence-corrected chi connectivity index (χ0v) is 17.6. The van der Waals surface area contributed by atoms with Crippen LogP contribution in [0.5, 0.6) is 11.5 Å². The number of rotatable bonds is 6. The van der Waals surface area contributed by atoms with Crippen molar-refractivity contribution in [2.45, 2.75) is 11.9 Å². The highest BCUT2D eigenvalue weighted by atomic mass is 32.2. The van der Waals surface area contributed by atoms with Crippen molar-refractivity contribution in [3.8, 4) is 17.6 Å². The van der Waals surface area contributed by atoms with Crippen LogP contribution < -0.4 is 9.47 Å². The van der Waals surface area contributed by atoms with Gasteiger partial charge in [0.25, 0.3) is 0 Å². The molecule has 6 nitrogen and oxygen atoms in total. The van der Waals surface area contributed by atoms with E-state index in [0.717, 1.165) is 21.6 Å². The van der Waals surface area contributed by atoms with Crippen molar-refractivity contribution in [1.29, 1.82) is 5.26 Å². The molecule has 0 amide bonds. The smallest absolute Gasteiger partial charge is 0.176 e. The van der Waals surface area contributed by atoms with Gasteiger partial charge in [-0.3, -0.25) is 9.20 Å². The standard InChI is InChI=1S/C23H19N3O3S/c1-14-10-22(26-19-7-5-4-6-18(19)25-23(26)17(14)12-24)30-13-20(27)16-11-15(28-2)8-9-21(16)29-3/h4-11H,13H2,1-3H3. The summed E-state index contributed by atoms with van der Waals surface area (Å²) in [4.78, 5) is 17.6. The summed E-state index contributed by atoms with van der Waals surface area (Å²) in [7, 11) is 3.10. The summed E-state index contributed by atoms with van der Waals surface area (Å²) >= 11 is 1.41. The number of fused-ring (bicyclic) bond motifs is 3. The van der Waals surface area contributed by atoms with Crippen LogP contribution in [0.4, 0.5) is 0 Å². The van der Waals surface area contributed by atoms with Gasteiger partial charge in [-0.15, -0.1) is 0 Å². The number of ketones is 1.